The second-order valence-corrected chi connectivity index (χ2v) is 6.33. The number of benzene rings is 1. The van der Waals surface area contributed by atoms with Crippen molar-refractivity contribution in [1.29, 1.82) is 10.5 Å². The van der Waals surface area contributed by atoms with Gasteiger partial charge < -0.3 is 24.7 Å². The van der Waals surface area contributed by atoms with Gasteiger partial charge in [0, 0.05) is 19.1 Å². The van der Waals surface area contributed by atoms with Gasteiger partial charge in [0.25, 0.3) is 5.91 Å². The maximum Gasteiger partial charge on any atom is 0.293 e. The molecule has 1 aliphatic carbocycles. The minimum Gasteiger partial charge on any atom is -0.454 e. The summed E-state index contributed by atoms with van der Waals surface area (Å²) < 4.78 is 22.4. The van der Waals surface area contributed by atoms with E-state index < -0.39 is 22.7 Å². The fourth-order valence-electron chi connectivity index (χ4n) is 4.34. The van der Waals surface area contributed by atoms with Gasteiger partial charge in [0.2, 0.25) is 6.79 Å². The third-order valence-corrected chi connectivity index (χ3v) is 5.34. The quantitative estimate of drug-likeness (QED) is 0.797. The van der Waals surface area contributed by atoms with E-state index in [1.807, 2.05) is 6.07 Å². The number of aliphatic imine (C=N–C) groups is 1. The monoisotopic (exact) mass is 354 g/mol. The van der Waals surface area contributed by atoms with Gasteiger partial charge in [-0.3, -0.25) is 0 Å². The van der Waals surface area contributed by atoms with Gasteiger partial charge in [-0.05, 0) is 31.5 Å². The highest BCUT2D eigenvalue weighted by Crippen LogP contribution is 2.82. The van der Waals surface area contributed by atoms with Gasteiger partial charge in [0.05, 0.1) is 12.1 Å². The number of amidine groups is 1. The fraction of sp³-hybridized carbons (Fsp3) is 0.500. The SMILES string of the molecule is CCOC1(OCC)N=C(N)C2(C#N)C(c3ccc4c(c3)OCO4)C12C#N. The van der Waals surface area contributed by atoms with Crippen LogP contribution in [0.5, 0.6) is 11.5 Å². The summed E-state index contributed by atoms with van der Waals surface area (Å²) in [4.78, 5) is 4.31. The van der Waals surface area contributed by atoms with Crippen molar-refractivity contribution in [2.24, 2.45) is 21.6 Å². The third kappa shape index (κ3) is 1.61. The van der Waals surface area contributed by atoms with Crippen molar-refractivity contribution in [2.75, 3.05) is 20.0 Å². The molecule has 3 atom stereocenters. The third-order valence-electron chi connectivity index (χ3n) is 5.34. The zero-order chi connectivity index (χ0) is 18.6. The smallest absolute Gasteiger partial charge is 0.293 e. The van der Waals surface area contributed by atoms with Crippen LogP contribution in [-0.2, 0) is 9.47 Å². The summed E-state index contributed by atoms with van der Waals surface area (Å²) in [6, 6.07) is 9.86. The van der Waals surface area contributed by atoms with Crippen LogP contribution in [0.3, 0.4) is 0 Å². The van der Waals surface area contributed by atoms with E-state index in [9.17, 15) is 10.5 Å². The number of hydrogen-bond acceptors (Lipinski definition) is 8. The zero-order valence-corrected chi connectivity index (χ0v) is 14.5. The van der Waals surface area contributed by atoms with Crippen LogP contribution in [0.2, 0.25) is 0 Å². The Morgan fingerprint density at radius 1 is 1.19 bits per heavy atom. The topological polar surface area (TPSA) is 123 Å². The fourth-order valence-corrected chi connectivity index (χ4v) is 4.34. The Kier molecular flexibility index (Phi) is 3.42. The van der Waals surface area contributed by atoms with E-state index in [0.29, 0.717) is 11.5 Å². The highest BCUT2D eigenvalue weighted by Gasteiger charge is 2.93. The number of nitriles is 2. The minimum atomic E-state index is -1.61. The molecule has 1 fully saturated rings. The van der Waals surface area contributed by atoms with E-state index in [2.05, 4.69) is 17.1 Å². The molecule has 2 N–H and O–H groups in total. The van der Waals surface area contributed by atoms with Crippen molar-refractivity contribution in [3.8, 4) is 23.6 Å². The summed E-state index contributed by atoms with van der Waals surface area (Å²) in [6.45, 7) is 4.22. The van der Waals surface area contributed by atoms with Crippen LogP contribution in [-0.4, -0.2) is 31.8 Å². The molecule has 0 aromatic heterocycles. The van der Waals surface area contributed by atoms with Gasteiger partial charge in [-0.1, -0.05) is 6.07 Å². The van der Waals surface area contributed by atoms with Crippen LogP contribution in [0.15, 0.2) is 23.2 Å². The first-order valence-corrected chi connectivity index (χ1v) is 8.42. The normalized spacial score (nSPS) is 32.3. The highest BCUT2D eigenvalue weighted by molar-refractivity contribution is 6.00. The molecule has 134 valence electrons. The molecule has 2 aliphatic heterocycles. The summed E-state index contributed by atoms with van der Waals surface area (Å²) in [5, 5.41) is 20.1. The van der Waals surface area contributed by atoms with E-state index >= 15 is 0 Å². The summed E-state index contributed by atoms with van der Waals surface area (Å²) >= 11 is 0. The molecule has 1 saturated carbocycles. The predicted molar refractivity (Wildman–Crippen MR) is 89.0 cm³/mol. The first kappa shape index (κ1) is 16.6. The van der Waals surface area contributed by atoms with Crippen molar-refractivity contribution < 1.29 is 18.9 Å². The van der Waals surface area contributed by atoms with Crippen LogP contribution >= 0.6 is 0 Å². The van der Waals surface area contributed by atoms with Gasteiger partial charge >= 0.3 is 0 Å². The highest BCUT2D eigenvalue weighted by atomic mass is 16.7. The molecule has 4 rings (SSSR count). The first-order valence-electron chi connectivity index (χ1n) is 8.42. The van der Waals surface area contributed by atoms with E-state index in [-0.39, 0.29) is 25.8 Å². The average molecular weight is 354 g/mol. The molecule has 2 heterocycles. The maximum absolute atomic E-state index is 10.1. The predicted octanol–water partition coefficient (Wildman–Crippen LogP) is 1.63. The Hall–Kier alpha value is -2.81. The number of nitrogens with zero attached hydrogens (tertiary/aromatic N) is 3. The van der Waals surface area contributed by atoms with Crippen LogP contribution in [0.25, 0.3) is 0 Å². The van der Waals surface area contributed by atoms with Crippen molar-refractivity contribution in [1.82, 2.24) is 0 Å². The molecule has 1 aromatic rings. The van der Waals surface area contributed by atoms with Gasteiger partial charge in [-0.15, -0.1) is 0 Å². The lowest BCUT2D eigenvalue weighted by molar-refractivity contribution is -0.255. The molecule has 8 heteroatoms. The van der Waals surface area contributed by atoms with Crippen LogP contribution < -0.4 is 15.2 Å². The number of hydrogen-bond donors (Lipinski definition) is 1. The van der Waals surface area contributed by atoms with E-state index in [4.69, 9.17) is 24.7 Å². The Bertz CT molecular complexity index is 880. The Morgan fingerprint density at radius 3 is 2.50 bits per heavy atom. The molecule has 0 radical (unpaired) electrons. The summed E-state index contributed by atoms with van der Waals surface area (Å²) in [6.07, 6.45) is 0. The Balaban J connectivity index is 1.89. The molecular weight excluding hydrogens is 336 g/mol. The van der Waals surface area contributed by atoms with E-state index in [0.717, 1.165) is 5.56 Å². The van der Waals surface area contributed by atoms with Gasteiger partial charge in [0.1, 0.15) is 11.3 Å². The molecular formula is C18H18N4O4. The van der Waals surface area contributed by atoms with Gasteiger partial charge in [-0.25, -0.2) is 4.99 Å². The molecule has 8 nitrogen and oxygen atoms in total. The molecule has 26 heavy (non-hydrogen) atoms. The maximum atomic E-state index is 10.1. The molecule has 3 unspecified atom stereocenters. The number of ether oxygens (including phenoxy) is 4. The summed E-state index contributed by atoms with van der Waals surface area (Å²) in [5.74, 6) is -0.894. The molecule has 0 spiro atoms. The minimum absolute atomic E-state index is 0.0612. The number of fused-ring (bicyclic) bond motifs is 2. The standard InChI is InChI=1S/C18H18N4O4/c1-3-25-18(26-4-2)17(9-20)14(16(17,8-19)15(21)22-18)11-5-6-12-13(7-11)24-10-23-12/h5-7,14H,3-4,10H2,1-2H3,(H2,21,22). The second-order valence-electron chi connectivity index (χ2n) is 6.33. The van der Waals surface area contributed by atoms with Crippen LogP contribution in [0, 0.1) is 33.5 Å². The Morgan fingerprint density at radius 2 is 1.88 bits per heavy atom. The first-order chi connectivity index (χ1) is 12.6. The van der Waals surface area contributed by atoms with Crippen molar-refractivity contribution in [2.45, 2.75) is 25.7 Å². The average Bonchev–Trinajstić information content (AvgIpc) is 2.88. The van der Waals surface area contributed by atoms with Crippen molar-refractivity contribution in [3.05, 3.63) is 23.8 Å². The molecule has 3 aliphatic rings. The lowest BCUT2D eigenvalue weighted by Crippen LogP contribution is -2.43. The van der Waals surface area contributed by atoms with Crippen molar-refractivity contribution in [3.63, 3.8) is 0 Å². The molecule has 0 saturated heterocycles. The van der Waals surface area contributed by atoms with E-state index in [1.165, 1.54) is 0 Å². The number of nitrogens with two attached hydrogens (primary N) is 1. The van der Waals surface area contributed by atoms with Gasteiger partial charge in [-0.2, -0.15) is 10.5 Å². The number of rotatable bonds is 5. The largest absolute Gasteiger partial charge is 0.454 e. The summed E-state index contributed by atoms with van der Waals surface area (Å²) in [5.41, 5.74) is 4.23. The molecule has 1 aromatic carbocycles. The summed E-state index contributed by atoms with van der Waals surface area (Å²) in [7, 11) is 0. The molecule has 0 amide bonds. The molecule has 0 bridgehead atoms. The zero-order valence-electron chi connectivity index (χ0n) is 14.5. The second kappa shape index (κ2) is 5.34. The van der Waals surface area contributed by atoms with Crippen LogP contribution in [0.4, 0.5) is 0 Å². The lowest BCUT2D eigenvalue weighted by atomic mass is 9.93. The Labute approximate surface area is 150 Å². The van der Waals surface area contributed by atoms with Gasteiger partial charge in [0.15, 0.2) is 16.9 Å². The lowest BCUT2D eigenvalue weighted by Gasteiger charge is -2.31. The van der Waals surface area contributed by atoms with Crippen molar-refractivity contribution >= 4 is 5.84 Å². The van der Waals surface area contributed by atoms with E-state index in [1.54, 1.807) is 26.0 Å². The van der Waals surface area contributed by atoms with Crippen LogP contribution in [0.1, 0.15) is 25.3 Å².